The fourth-order valence-corrected chi connectivity index (χ4v) is 7.83. The third-order valence-corrected chi connectivity index (χ3v) is 9.60. The first-order valence-corrected chi connectivity index (χ1v) is 12.4. The van der Waals surface area contributed by atoms with Crippen molar-refractivity contribution >= 4 is 47.3 Å². The molecule has 32 heavy (non-hydrogen) atoms. The summed E-state index contributed by atoms with van der Waals surface area (Å²) in [5, 5.41) is -0.546. The lowest BCUT2D eigenvalue weighted by molar-refractivity contribution is -0.206. The van der Waals surface area contributed by atoms with Gasteiger partial charge >= 0.3 is 11.9 Å². The first-order chi connectivity index (χ1) is 14.7. The fraction of sp³-hybridized carbons (Fsp3) is 0.800. The molecule has 0 aromatic carbocycles. The van der Waals surface area contributed by atoms with E-state index in [1.807, 2.05) is 27.7 Å². The number of β-lactam (4-membered cyclic amide) rings is 2. The van der Waals surface area contributed by atoms with Crippen molar-refractivity contribution in [3.05, 3.63) is 0 Å². The molecule has 0 radical (unpaired) electrons. The molecule has 0 unspecified atom stereocenters. The maximum absolute atomic E-state index is 13.1. The SMILES string of the molecule is CC(C)C(OC(=O)[C@@H]1N2C(=O)[C@@H](N)[C@H]2SC1(C)C)OC(=O)[C@@H]1N2C(=O)[C@@H](N)[C@H]2SC1(C)C. The summed E-state index contributed by atoms with van der Waals surface area (Å²) in [6, 6.07) is -2.93. The number of nitrogens with zero attached hydrogens (tertiary/aromatic N) is 2. The van der Waals surface area contributed by atoms with Crippen LogP contribution in [0.2, 0.25) is 0 Å². The van der Waals surface area contributed by atoms with Crippen LogP contribution in [0.25, 0.3) is 0 Å². The number of amides is 2. The first kappa shape index (κ1) is 23.7. The quantitative estimate of drug-likeness (QED) is 0.305. The van der Waals surface area contributed by atoms with Crippen molar-refractivity contribution in [2.24, 2.45) is 17.4 Å². The Balaban J connectivity index is 1.48. The molecule has 0 aliphatic carbocycles. The van der Waals surface area contributed by atoms with Gasteiger partial charge in [-0.25, -0.2) is 9.59 Å². The molecule has 2 amide bonds. The van der Waals surface area contributed by atoms with E-state index in [0.29, 0.717) is 0 Å². The van der Waals surface area contributed by atoms with Gasteiger partial charge in [-0.2, -0.15) is 0 Å². The highest BCUT2D eigenvalue weighted by molar-refractivity contribution is 8.02. The van der Waals surface area contributed by atoms with Gasteiger partial charge in [0.1, 0.15) is 34.9 Å². The number of carbonyl (C=O) groups is 4. The van der Waals surface area contributed by atoms with E-state index in [4.69, 9.17) is 20.9 Å². The Labute approximate surface area is 195 Å². The molecule has 6 atom stereocenters. The van der Waals surface area contributed by atoms with Crippen LogP contribution in [0.1, 0.15) is 41.5 Å². The van der Waals surface area contributed by atoms with Crippen molar-refractivity contribution in [3.63, 3.8) is 0 Å². The number of hydrogen-bond acceptors (Lipinski definition) is 10. The van der Waals surface area contributed by atoms with Crippen LogP contribution < -0.4 is 11.5 Å². The maximum Gasteiger partial charge on any atom is 0.333 e. The van der Waals surface area contributed by atoms with E-state index < -0.39 is 51.9 Å². The number of ether oxygens (including phenoxy) is 2. The Kier molecular flexibility index (Phi) is 5.55. The molecular formula is C20H30N4O6S2. The minimum absolute atomic E-state index is 0.273. The number of rotatable bonds is 5. The van der Waals surface area contributed by atoms with Gasteiger partial charge in [-0.15, -0.1) is 23.5 Å². The Morgan fingerprint density at radius 2 is 1.19 bits per heavy atom. The molecule has 4 heterocycles. The molecule has 0 aromatic heterocycles. The molecule has 4 aliphatic heterocycles. The van der Waals surface area contributed by atoms with Crippen LogP contribution in [0.15, 0.2) is 0 Å². The highest BCUT2D eigenvalue weighted by Crippen LogP contribution is 2.52. The van der Waals surface area contributed by atoms with Crippen LogP contribution in [0.5, 0.6) is 0 Å². The molecular weight excluding hydrogens is 456 g/mol. The molecule has 4 N–H and O–H groups in total. The van der Waals surface area contributed by atoms with Crippen LogP contribution in [-0.2, 0) is 28.7 Å². The largest absolute Gasteiger partial charge is 0.423 e. The van der Waals surface area contributed by atoms with E-state index in [9.17, 15) is 19.2 Å². The van der Waals surface area contributed by atoms with Crippen LogP contribution in [0.4, 0.5) is 0 Å². The second-order valence-electron chi connectivity index (χ2n) is 10.1. The van der Waals surface area contributed by atoms with Gasteiger partial charge in [-0.1, -0.05) is 13.8 Å². The van der Waals surface area contributed by atoms with Crippen molar-refractivity contribution in [2.45, 2.75) is 92.2 Å². The van der Waals surface area contributed by atoms with Gasteiger partial charge in [0, 0.05) is 15.4 Å². The molecule has 12 heteroatoms. The Hall–Kier alpha value is -1.50. The van der Waals surface area contributed by atoms with Gasteiger partial charge in [0.15, 0.2) is 0 Å². The van der Waals surface area contributed by atoms with E-state index in [1.165, 1.54) is 33.3 Å². The van der Waals surface area contributed by atoms with Gasteiger partial charge in [0.05, 0.1) is 0 Å². The lowest BCUT2D eigenvalue weighted by Gasteiger charge is -2.43. The average Bonchev–Trinajstić information content (AvgIpc) is 3.12. The van der Waals surface area contributed by atoms with E-state index in [2.05, 4.69) is 0 Å². The van der Waals surface area contributed by atoms with Crippen LogP contribution in [-0.4, -0.2) is 84.3 Å². The highest BCUT2D eigenvalue weighted by atomic mass is 32.2. The van der Waals surface area contributed by atoms with Crippen molar-refractivity contribution in [2.75, 3.05) is 0 Å². The number of fused-ring (bicyclic) bond motifs is 2. The highest BCUT2D eigenvalue weighted by Gasteiger charge is 2.65. The summed E-state index contributed by atoms with van der Waals surface area (Å²) in [5.41, 5.74) is 11.8. The zero-order valence-electron chi connectivity index (χ0n) is 18.9. The average molecular weight is 487 g/mol. The molecule has 10 nitrogen and oxygen atoms in total. The number of carbonyl (C=O) groups excluding carboxylic acids is 4. The minimum Gasteiger partial charge on any atom is -0.423 e. The number of thioether (sulfide) groups is 2. The summed E-state index contributed by atoms with van der Waals surface area (Å²) in [6.45, 7) is 10.9. The standard InChI is InChI=1S/C20H30N4O6S2/c1-7(2)18(29-16(27)10-19(3,4)31-14-8(21)12(25)23(10)14)30-17(28)11-20(5,6)32-15-9(22)13(26)24(11)15/h7-11,14-15,18H,21-22H2,1-6H3/t8-,9-,10+,11+,14-,15-/m1/s1. The molecule has 0 saturated carbocycles. The Bertz CT molecular complexity index is 814. The van der Waals surface area contributed by atoms with Crippen LogP contribution >= 0.6 is 23.5 Å². The summed E-state index contributed by atoms with van der Waals surface area (Å²) in [4.78, 5) is 53.7. The van der Waals surface area contributed by atoms with Crippen LogP contribution in [0, 0.1) is 5.92 Å². The predicted molar refractivity (Wildman–Crippen MR) is 119 cm³/mol. The second kappa shape index (κ2) is 7.51. The number of nitrogens with two attached hydrogens (primary N) is 2. The molecule has 0 spiro atoms. The number of esters is 2. The van der Waals surface area contributed by atoms with Gasteiger partial charge in [0.25, 0.3) is 0 Å². The number of hydrogen-bond donors (Lipinski definition) is 2. The summed E-state index contributed by atoms with van der Waals surface area (Å²) < 4.78 is 10.1. The molecule has 0 bridgehead atoms. The Morgan fingerprint density at radius 3 is 1.50 bits per heavy atom. The van der Waals surface area contributed by atoms with E-state index in [-0.39, 0.29) is 28.5 Å². The Morgan fingerprint density at radius 1 is 0.844 bits per heavy atom. The first-order valence-electron chi connectivity index (χ1n) is 10.6. The lowest BCUT2D eigenvalue weighted by atomic mass is 9.96. The summed E-state index contributed by atoms with van der Waals surface area (Å²) in [5.74, 6) is -2.21. The zero-order chi connectivity index (χ0) is 23.9. The maximum atomic E-state index is 13.1. The van der Waals surface area contributed by atoms with Crippen molar-refractivity contribution in [1.29, 1.82) is 0 Å². The van der Waals surface area contributed by atoms with Crippen molar-refractivity contribution in [1.82, 2.24) is 9.80 Å². The van der Waals surface area contributed by atoms with Gasteiger partial charge in [-0.05, 0) is 27.7 Å². The lowest BCUT2D eigenvalue weighted by Crippen LogP contribution is -2.69. The molecule has 178 valence electrons. The zero-order valence-corrected chi connectivity index (χ0v) is 20.6. The molecule has 4 saturated heterocycles. The normalized spacial score (nSPS) is 36.6. The molecule has 4 rings (SSSR count). The molecule has 4 fully saturated rings. The van der Waals surface area contributed by atoms with Gasteiger partial charge < -0.3 is 30.7 Å². The summed E-state index contributed by atoms with van der Waals surface area (Å²) in [6.07, 6.45) is -1.16. The van der Waals surface area contributed by atoms with E-state index in [0.717, 1.165) is 0 Å². The summed E-state index contributed by atoms with van der Waals surface area (Å²) >= 11 is 2.91. The summed E-state index contributed by atoms with van der Waals surface area (Å²) in [7, 11) is 0. The second-order valence-corrected chi connectivity index (χ2v) is 13.6. The predicted octanol–water partition coefficient (Wildman–Crippen LogP) is -0.166. The van der Waals surface area contributed by atoms with Gasteiger partial charge in [-0.3, -0.25) is 9.59 Å². The third kappa shape index (κ3) is 3.33. The topological polar surface area (TPSA) is 145 Å². The van der Waals surface area contributed by atoms with Crippen molar-refractivity contribution < 1.29 is 28.7 Å². The molecule has 4 aliphatic rings. The molecule has 0 aromatic rings. The van der Waals surface area contributed by atoms with E-state index in [1.54, 1.807) is 13.8 Å². The minimum atomic E-state index is -1.16. The van der Waals surface area contributed by atoms with E-state index >= 15 is 0 Å². The smallest absolute Gasteiger partial charge is 0.333 e. The van der Waals surface area contributed by atoms with Gasteiger partial charge in [0.2, 0.25) is 18.1 Å². The van der Waals surface area contributed by atoms with Crippen molar-refractivity contribution in [3.8, 4) is 0 Å². The third-order valence-electron chi connectivity index (χ3n) is 6.42. The van der Waals surface area contributed by atoms with Crippen LogP contribution in [0.3, 0.4) is 0 Å². The monoisotopic (exact) mass is 486 g/mol. The fourth-order valence-electron chi connectivity index (χ4n) is 4.70.